The molecule has 10 heteroatoms. The second-order valence-electron chi connectivity index (χ2n) is 7.30. The zero-order chi connectivity index (χ0) is 21.5. The second-order valence-corrected chi connectivity index (χ2v) is 9.64. The summed E-state index contributed by atoms with van der Waals surface area (Å²) in [6.07, 6.45) is 0.150. The SMILES string of the molecule is CS(=O)(=O)N1C[C@@H](C(=O)N2CCN(c3ccc(F)cc3)CC2)Oc2ccc(Cl)cc21. The number of rotatable bonds is 3. The molecular formula is C20H21ClFN3O4S. The molecule has 2 aromatic carbocycles. The number of halogens is 2. The molecule has 2 heterocycles. The van der Waals surface area contributed by atoms with Crippen LogP contribution in [0.4, 0.5) is 15.8 Å². The van der Waals surface area contributed by atoms with Crippen molar-refractivity contribution >= 4 is 38.9 Å². The van der Waals surface area contributed by atoms with Crippen molar-refractivity contribution in [1.29, 1.82) is 0 Å². The third kappa shape index (κ3) is 4.17. The van der Waals surface area contributed by atoms with Gasteiger partial charge in [0.15, 0.2) is 6.10 Å². The van der Waals surface area contributed by atoms with Crippen LogP contribution in [0, 0.1) is 5.82 Å². The Kier molecular flexibility index (Phi) is 5.50. The molecule has 7 nitrogen and oxygen atoms in total. The number of amides is 1. The van der Waals surface area contributed by atoms with Crippen molar-refractivity contribution in [1.82, 2.24) is 4.90 Å². The third-order valence-corrected chi connectivity index (χ3v) is 6.63. The first-order chi connectivity index (χ1) is 14.2. The number of hydrogen-bond donors (Lipinski definition) is 0. The van der Waals surface area contributed by atoms with Crippen LogP contribution in [0.25, 0.3) is 0 Å². The van der Waals surface area contributed by atoms with Crippen molar-refractivity contribution in [3.63, 3.8) is 0 Å². The van der Waals surface area contributed by atoms with E-state index in [0.717, 1.165) is 16.2 Å². The molecule has 0 aromatic heterocycles. The van der Waals surface area contributed by atoms with Crippen LogP contribution in [0.1, 0.15) is 0 Å². The van der Waals surface area contributed by atoms with Gasteiger partial charge in [0, 0.05) is 36.9 Å². The zero-order valence-electron chi connectivity index (χ0n) is 16.3. The van der Waals surface area contributed by atoms with Crippen LogP contribution < -0.4 is 13.9 Å². The third-order valence-electron chi connectivity index (χ3n) is 5.25. The normalized spacial score (nSPS) is 19.3. The van der Waals surface area contributed by atoms with Crippen molar-refractivity contribution in [2.24, 2.45) is 0 Å². The highest BCUT2D eigenvalue weighted by molar-refractivity contribution is 7.92. The van der Waals surface area contributed by atoms with E-state index >= 15 is 0 Å². The molecule has 0 unspecified atom stereocenters. The lowest BCUT2D eigenvalue weighted by Crippen LogP contribution is -2.56. The van der Waals surface area contributed by atoms with E-state index in [1.54, 1.807) is 29.2 Å². The fraction of sp³-hybridized carbons (Fsp3) is 0.350. The number of carbonyl (C=O) groups is 1. The Labute approximate surface area is 179 Å². The fourth-order valence-electron chi connectivity index (χ4n) is 3.71. The highest BCUT2D eigenvalue weighted by Crippen LogP contribution is 2.37. The smallest absolute Gasteiger partial charge is 0.265 e. The van der Waals surface area contributed by atoms with Crippen LogP contribution >= 0.6 is 11.6 Å². The van der Waals surface area contributed by atoms with Crippen molar-refractivity contribution in [3.8, 4) is 5.75 Å². The Hall–Kier alpha value is -2.52. The van der Waals surface area contributed by atoms with Crippen molar-refractivity contribution in [3.05, 3.63) is 53.3 Å². The number of hydrogen-bond acceptors (Lipinski definition) is 5. The van der Waals surface area contributed by atoms with Crippen LogP contribution in [-0.2, 0) is 14.8 Å². The Bertz CT molecular complexity index is 1060. The van der Waals surface area contributed by atoms with Gasteiger partial charge >= 0.3 is 0 Å². The molecule has 0 saturated carbocycles. The lowest BCUT2D eigenvalue weighted by atomic mass is 10.2. The first-order valence-corrected chi connectivity index (χ1v) is 11.7. The van der Waals surface area contributed by atoms with Gasteiger partial charge < -0.3 is 14.5 Å². The molecule has 2 aromatic rings. The molecule has 2 aliphatic heterocycles. The molecule has 2 aliphatic rings. The Morgan fingerprint density at radius 1 is 1.10 bits per heavy atom. The number of nitrogens with zero attached hydrogens (tertiary/aromatic N) is 3. The summed E-state index contributed by atoms with van der Waals surface area (Å²) in [6, 6.07) is 10.9. The van der Waals surface area contributed by atoms with E-state index in [1.165, 1.54) is 18.2 Å². The molecular weight excluding hydrogens is 433 g/mol. The second kappa shape index (κ2) is 7.96. The maximum Gasteiger partial charge on any atom is 0.265 e. The number of anilines is 2. The molecule has 1 fully saturated rings. The molecule has 0 radical (unpaired) electrons. The van der Waals surface area contributed by atoms with Gasteiger partial charge in [-0.05, 0) is 42.5 Å². The predicted molar refractivity (Wildman–Crippen MR) is 113 cm³/mol. The van der Waals surface area contributed by atoms with E-state index in [2.05, 4.69) is 4.90 Å². The number of carbonyl (C=O) groups excluding carboxylic acids is 1. The van der Waals surface area contributed by atoms with Crippen LogP contribution in [0.3, 0.4) is 0 Å². The van der Waals surface area contributed by atoms with E-state index in [4.69, 9.17) is 16.3 Å². The van der Waals surface area contributed by atoms with Crippen molar-refractivity contribution < 1.29 is 22.3 Å². The summed E-state index contributed by atoms with van der Waals surface area (Å²) in [7, 11) is -3.62. The van der Waals surface area contributed by atoms with Gasteiger partial charge in [-0.15, -0.1) is 0 Å². The zero-order valence-corrected chi connectivity index (χ0v) is 17.9. The minimum Gasteiger partial charge on any atom is -0.476 e. The quantitative estimate of drug-likeness (QED) is 0.713. The average Bonchev–Trinajstić information content (AvgIpc) is 2.72. The van der Waals surface area contributed by atoms with E-state index in [1.807, 2.05) is 0 Å². The van der Waals surface area contributed by atoms with E-state index in [9.17, 15) is 17.6 Å². The van der Waals surface area contributed by atoms with Gasteiger partial charge in [0.1, 0.15) is 11.6 Å². The summed E-state index contributed by atoms with van der Waals surface area (Å²) >= 11 is 6.01. The molecule has 1 atom stereocenters. The summed E-state index contributed by atoms with van der Waals surface area (Å²) < 4.78 is 44.7. The van der Waals surface area contributed by atoms with Gasteiger partial charge in [0.05, 0.1) is 18.5 Å². The number of benzene rings is 2. The number of sulfonamides is 1. The number of piperazine rings is 1. The Morgan fingerprint density at radius 2 is 1.77 bits per heavy atom. The maximum absolute atomic E-state index is 13.1. The molecule has 0 bridgehead atoms. The molecule has 4 rings (SSSR count). The average molecular weight is 454 g/mol. The molecule has 0 N–H and O–H groups in total. The Balaban J connectivity index is 1.47. The minimum absolute atomic E-state index is 0.108. The van der Waals surface area contributed by atoms with Gasteiger partial charge in [-0.25, -0.2) is 12.8 Å². The number of fused-ring (bicyclic) bond motifs is 1. The van der Waals surface area contributed by atoms with Crippen LogP contribution in [-0.4, -0.2) is 64.3 Å². The number of ether oxygens (including phenoxy) is 1. The van der Waals surface area contributed by atoms with Gasteiger partial charge in [-0.1, -0.05) is 11.6 Å². The fourth-order valence-corrected chi connectivity index (χ4v) is 4.78. The highest BCUT2D eigenvalue weighted by atomic mass is 35.5. The minimum atomic E-state index is -3.62. The molecule has 1 saturated heterocycles. The van der Waals surface area contributed by atoms with E-state index in [0.29, 0.717) is 42.6 Å². The summed E-state index contributed by atoms with van der Waals surface area (Å²) in [5.41, 5.74) is 1.22. The van der Waals surface area contributed by atoms with Gasteiger partial charge in [-0.3, -0.25) is 9.10 Å². The molecule has 160 valence electrons. The predicted octanol–water partition coefficient (Wildman–Crippen LogP) is 2.35. The molecule has 1 amide bonds. The Morgan fingerprint density at radius 3 is 2.40 bits per heavy atom. The summed E-state index contributed by atoms with van der Waals surface area (Å²) in [4.78, 5) is 16.8. The molecule has 30 heavy (non-hydrogen) atoms. The maximum atomic E-state index is 13.1. The summed E-state index contributed by atoms with van der Waals surface area (Å²) in [5.74, 6) is -0.249. The highest BCUT2D eigenvalue weighted by Gasteiger charge is 2.37. The van der Waals surface area contributed by atoms with Gasteiger partial charge in [-0.2, -0.15) is 0 Å². The monoisotopic (exact) mass is 453 g/mol. The van der Waals surface area contributed by atoms with Gasteiger partial charge in [0.25, 0.3) is 5.91 Å². The lowest BCUT2D eigenvalue weighted by molar-refractivity contribution is -0.138. The standard InChI is InChI=1S/C20H21ClFN3O4S/c1-30(27,28)25-13-19(29-18-7-2-14(21)12-17(18)25)20(26)24-10-8-23(9-11-24)16-5-3-15(22)4-6-16/h2-7,12,19H,8-11,13H2,1H3/t19-/m0/s1. The molecule has 0 spiro atoms. The van der Waals surface area contributed by atoms with Crippen LogP contribution in [0.5, 0.6) is 5.75 Å². The topological polar surface area (TPSA) is 70.2 Å². The summed E-state index contributed by atoms with van der Waals surface area (Å²) in [5, 5.41) is 0.382. The van der Waals surface area contributed by atoms with E-state index in [-0.39, 0.29) is 18.3 Å². The lowest BCUT2D eigenvalue weighted by Gasteiger charge is -2.40. The molecule has 0 aliphatic carbocycles. The van der Waals surface area contributed by atoms with Crippen molar-refractivity contribution in [2.75, 3.05) is 48.2 Å². The van der Waals surface area contributed by atoms with Crippen LogP contribution in [0.2, 0.25) is 5.02 Å². The summed E-state index contributed by atoms with van der Waals surface area (Å²) in [6.45, 7) is 1.99. The van der Waals surface area contributed by atoms with Gasteiger partial charge in [0.2, 0.25) is 10.0 Å². The first kappa shape index (κ1) is 20.7. The van der Waals surface area contributed by atoms with E-state index < -0.39 is 16.1 Å². The van der Waals surface area contributed by atoms with Crippen LogP contribution in [0.15, 0.2) is 42.5 Å². The largest absolute Gasteiger partial charge is 0.476 e. The first-order valence-electron chi connectivity index (χ1n) is 9.45. The van der Waals surface area contributed by atoms with Crippen molar-refractivity contribution in [2.45, 2.75) is 6.10 Å².